The third-order valence-corrected chi connectivity index (χ3v) is 6.25. The van der Waals surface area contributed by atoms with Gasteiger partial charge in [0.25, 0.3) is 0 Å². The van der Waals surface area contributed by atoms with Crippen LogP contribution in [0.25, 0.3) is 0 Å². The van der Waals surface area contributed by atoms with E-state index in [1.165, 1.54) is 0 Å². The fourth-order valence-electron chi connectivity index (χ4n) is 1.78. The van der Waals surface area contributed by atoms with Gasteiger partial charge in [-0.1, -0.05) is 25.1 Å². The van der Waals surface area contributed by atoms with Crippen molar-refractivity contribution in [2.24, 2.45) is 5.73 Å². The predicted molar refractivity (Wildman–Crippen MR) is 86.1 cm³/mol. The second-order valence-electron chi connectivity index (χ2n) is 4.54. The zero-order chi connectivity index (χ0) is 16.3. The summed E-state index contributed by atoms with van der Waals surface area (Å²) in [7, 11) is -2.30. The van der Waals surface area contributed by atoms with Crippen LogP contribution in [-0.4, -0.2) is 38.5 Å². The van der Waals surface area contributed by atoms with E-state index in [0.29, 0.717) is 25.2 Å². The smallest absolute Gasteiger partial charge is 0.364 e. The van der Waals surface area contributed by atoms with E-state index in [-0.39, 0.29) is 5.91 Å². The lowest BCUT2D eigenvalue weighted by Gasteiger charge is -2.29. The molecule has 0 aromatic heterocycles. The minimum Gasteiger partial charge on any atom is -0.393 e. The van der Waals surface area contributed by atoms with Gasteiger partial charge in [0.2, 0.25) is 5.91 Å². The Morgan fingerprint density at radius 1 is 1.19 bits per heavy atom. The molecule has 3 N–H and O–H groups in total. The topological polar surface area (TPSA) is 81.8 Å². The van der Waals surface area contributed by atoms with Crippen molar-refractivity contribution in [2.75, 3.05) is 13.2 Å². The maximum absolute atomic E-state index is 10.4. The van der Waals surface area contributed by atoms with Gasteiger partial charge in [-0.3, -0.25) is 4.79 Å². The van der Waals surface area contributed by atoms with E-state index in [2.05, 4.69) is 0 Å². The van der Waals surface area contributed by atoms with Gasteiger partial charge < -0.3 is 19.7 Å². The molecule has 1 unspecified atom stereocenters. The molecule has 1 rings (SSSR count). The van der Waals surface area contributed by atoms with Crippen LogP contribution < -0.4 is 5.73 Å². The van der Waals surface area contributed by atoms with Crippen LogP contribution in [0.5, 0.6) is 0 Å². The Balaban J connectivity index is 0.000000394. The molecule has 5 nitrogen and oxygen atoms in total. The number of rotatable bonds is 7. The summed E-state index contributed by atoms with van der Waals surface area (Å²) in [5, 5.41) is 9.65. The molecule has 0 spiro atoms. The number of benzene rings is 1. The lowest BCUT2D eigenvalue weighted by molar-refractivity contribution is 0.1000. The van der Waals surface area contributed by atoms with Crippen LogP contribution in [0, 0.1) is 0 Å². The average Bonchev–Trinajstić information content (AvgIpc) is 2.48. The molecule has 1 amide bonds. The molecule has 6 heteroatoms. The maximum atomic E-state index is 10.4. The van der Waals surface area contributed by atoms with Gasteiger partial charge in [0, 0.05) is 18.8 Å². The second kappa shape index (κ2) is 10.5. The number of nitrogens with two attached hydrogens (primary N) is 1. The van der Waals surface area contributed by atoms with Gasteiger partial charge in [0.05, 0.1) is 5.73 Å². The number of carbonyl (C=O) groups excluding carboxylic acids is 1. The molecule has 0 saturated heterocycles. The summed E-state index contributed by atoms with van der Waals surface area (Å²) < 4.78 is 11.0. The van der Waals surface area contributed by atoms with Crippen molar-refractivity contribution in [1.29, 1.82) is 0 Å². The highest BCUT2D eigenvalue weighted by Crippen LogP contribution is 2.14. The molecule has 1 aromatic carbocycles. The molecular formula is C15H27NO4Si. The van der Waals surface area contributed by atoms with Crippen LogP contribution in [0.2, 0.25) is 6.55 Å². The van der Waals surface area contributed by atoms with Crippen LogP contribution in [0.3, 0.4) is 0 Å². The summed E-state index contributed by atoms with van der Waals surface area (Å²) in [5.41, 5.74) is 5.11. The van der Waals surface area contributed by atoms with Gasteiger partial charge in [-0.05, 0) is 38.9 Å². The lowest BCUT2D eigenvalue weighted by atomic mass is 10.2. The van der Waals surface area contributed by atoms with Crippen molar-refractivity contribution in [1.82, 2.24) is 0 Å². The molecule has 21 heavy (non-hydrogen) atoms. The molecule has 0 fully saturated rings. The standard InChI is InChI=1S/C8H20O3Si.C7H7NO/c1-5-8(9)12(4,10-6-2)11-7-3;8-7(9)6-4-2-1-3-5-6/h8-9H,5-7H2,1-4H3;1-5H,(H2,8,9). The molecular weight excluding hydrogens is 286 g/mol. The fourth-order valence-corrected chi connectivity index (χ4v) is 4.14. The van der Waals surface area contributed by atoms with Gasteiger partial charge in [-0.25, -0.2) is 0 Å². The molecule has 0 aliphatic heterocycles. The molecule has 0 bridgehead atoms. The largest absolute Gasteiger partial charge is 0.393 e. The van der Waals surface area contributed by atoms with E-state index in [4.69, 9.17) is 14.6 Å². The van der Waals surface area contributed by atoms with E-state index in [0.717, 1.165) is 0 Å². The Kier molecular flexibility index (Phi) is 9.90. The Bertz CT molecular complexity index is 394. The number of hydrogen-bond acceptors (Lipinski definition) is 4. The van der Waals surface area contributed by atoms with Gasteiger partial charge in [-0.2, -0.15) is 0 Å². The number of amides is 1. The fraction of sp³-hybridized carbons (Fsp3) is 0.533. The molecule has 1 aromatic rings. The highest BCUT2D eigenvalue weighted by atomic mass is 28.4. The van der Waals surface area contributed by atoms with Crippen molar-refractivity contribution < 1.29 is 18.8 Å². The van der Waals surface area contributed by atoms with Crippen LogP contribution in [0.4, 0.5) is 0 Å². The number of hydrogen-bond donors (Lipinski definition) is 2. The van der Waals surface area contributed by atoms with Gasteiger partial charge >= 0.3 is 8.56 Å². The number of carbonyl (C=O) groups is 1. The van der Waals surface area contributed by atoms with E-state index in [9.17, 15) is 9.90 Å². The first-order chi connectivity index (χ1) is 9.91. The Morgan fingerprint density at radius 3 is 1.95 bits per heavy atom. The zero-order valence-electron chi connectivity index (χ0n) is 13.3. The van der Waals surface area contributed by atoms with Gasteiger partial charge in [0.1, 0.15) is 0 Å². The monoisotopic (exact) mass is 313 g/mol. The van der Waals surface area contributed by atoms with Crippen molar-refractivity contribution in [3.63, 3.8) is 0 Å². The first-order valence-corrected chi connectivity index (χ1v) is 9.61. The van der Waals surface area contributed by atoms with E-state index in [1.54, 1.807) is 24.3 Å². The summed E-state index contributed by atoms with van der Waals surface area (Å²) in [6.07, 6.45) is 0.697. The normalized spacial score (nSPS) is 12.2. The third kappa shape index (κ3) is 7.38. The maximum Gasteiger partial charge on any atom is 0.364 e. The summed E-state index contributed by atoms with van der Waals surface area (Å²) in [5.74, 6) is -0.379. The number of aliphatic hydroxyl groups is 1. The van der Waals surface area contributed by atoms with Crippen LogP contribution in [0.15, 0.2) is 30.3 Å². The van der Waals surface area contributed by atoms with Crippen molar-refractivity contribution >= 4 is 14.5 Å². The molecule has 0 saturated carbocycles. The summed E-state index contributed by atoms with van der Waals surface area (Å²) in [6.45, 7) is 8.92. The third-order valence-electron chi connectivity index (χ3n) is 2.91. The molecule has 0 aliphatic rings. The van der Waals surface area contributed by atoms with E-state index >= 15 is 0 Å². The van der Waals surface area contributed by atoms with Crippen molar-refractivity contribution in [3.05, 3.63) is 35.9 Å². The molecule has 1 atom stereocenters. The van der Waals surface area contributed by atoms with E-state index < -0.39 is 14.3 Å². The quantitative estimate of drug-likeness (QED) is 0.756. The van der Waals surface area contributed by atoms with Gasteiger partial charge in [-0.15, -0.1) is 0 Å². The first kappa shape index (κ1) is 19.8. The first-order valence-electron chi connectivity index (χ1n) is 7.22. The van der Waals surface area contributed by atoms with Crippen LogP contribution in [0.1, 0.15) is 37.6 Å². The average molecular weight is 313 g/mol. The van der Waals surface area contributed by atoms with Crippen molar-refractivity contribution in [3.8, 4) is 0 Å². The minimum absolute atomic E-state index is 0.379. The van der Waals surface area contributed by atoms with Crippen LogP contribution in [-0.2, 0) is 8.85 Å². The minimum atomic E-state index is -2.30. The van der Waals surface area contributed by atoms with E-state index in [1.807, 2.05) is 33.4 Å². The Morgan fingerprint density at radius 2 is 1.67 bits per heavy atom. The number of primary amides is 1. The van der Waals surface area contributed by atoms with Gasteiger partial charge in [0.15, 0.2) is 0 Å². The van der Waals surface area contributed by atoms with Crippen LogP contribution >= 0.6 is 0 Å². The SMILES string of the molecule is CCO[Si](C)(OCC)C(O)CC.NC(=O)c1ccccc1. The second-order valence-corrected chi connectivity index (χ2v) is 7.81. The number of aliphatic hydroxyl groups excluding tert-OH is 1. The summed E-state index contributed by atoms with van der Waals surface area (Å²) in [6, 6.07) is 8.76. The summed E-state index contributed by atoms with van der Waals surface area (Å²) >= 11 is 0. The molecule has 120 valence electrons. The summed E-state index contributed by atoms with van der Waals surface area (Å²) in [4.78, 5) is 10.4. The Labute approximate surface area is 128 Å². The molecule has 0 radical (unpaired) electrons. The predicted octanol–water partition coefficient (Wildman–Crippen LogP) is 2.23. The Hall–Kier alpha value is -1.21. The highest BCUT2D eigenvalue weighted by molar-refractivity contribution is 6.67. The molecule has 0 aliphatic carbocycles. The highest BCUT2D eigenvalue weighted by Gasteiger charge is 2.38. The lowest BCUT2D eigenvalue weighted by Crippen LogP contribution is -2.50. The molecule has 0 heterocycles. The zero-order valence-corrected chi connectivity index (χ0v) is 14.3. The van der Waals surface area contributed by atoms with Crippen molar-refractivity contribution in [2.45, 2.75) is 39.5 Å².